The molecule has 12 heteroatoms. The molecule has 3 aromatic carbocycles. The number of carbonyl (C=O) groups excluding carboxylic acids is 2. The Morgan fingerprint density at radius 2 is 1.81 bits per heavy atom. The molecular weight excluding hydrogens is 540 g/mol. The zero-order valence-electron chi connectivity index (χ0n) is 19.4. The third-order valence-corrected chi connectivity index (χ3v) is 6.55. The van der Waals surface area contributed by atoms with Gasteiger partial charge in [0.05, 0.1) is 35.7 Å². The van der Waals surface area contributed by atoms with E-state index in [1.54, 1.807) is 60.2 Å². The van der Waals surface area contributed by atoms with Crippen molar-refractivity contribution >= 4 is 52.5 Å². The highest BCUT2D eigenvalue weighted by Gasteiger charge is 2.20. The van der Waals surface area contributed by atoms with Gasteiger partial charge in [0.25, 0.3) is 5.91 Å². The van der Waals surface area contributed by atoms with Crippen LogP contribution in [0.15, 0.2) is 71.9 Å². The molecule has 0 aliphatic carbocycles. The van der Waals surface area contributed by atoms with Gasteiger partial charge in [0.2, 0.25) is 5.91 Å². The van der Waals surface area contributed by atoms with Gasteiger partial charge in [-0.2, -0.15) is 0 Å². The number of rotatable bonds is 9. The molecule has 4 rings (SSSR count). The Bertz CT molecular complexity index is 1410. The van der Waals surface area contributed by atoms with Crippen LogP contribution in [-0.2, 0) is 11.3 Å². The van der Waals surface area contributed by atoms with Crippen LogP contribution in [0.25, 0.3) is 5.69 Å². The summed E-state index contributed by atoms with van der Waals surface area (Å²) in [5.74, 6) is -0.612. The van der Waals surface area contributed by atoms with Gasteiger partial charge >= 0.3 is 0 Å². The molecule has 1 aromatic heterocycles. The molecule has 4 aromatic rings. The Balaban J connectivity index is 1.51. The van der Waals surface area contributed by atoms with E-state index in [1.165, 1.54) is 12.1 Å². The third-order valence-electron chi connectivity index (χ3n) is 5.07. The molecule has 0 aliphatic heterocycles. The lowest BCUT2D eigenvalue weighted by Crippen LogP contribution is -2.26. The van der Waals surface area contributed by atoms with Crippen molar-refractivity contribution in [2.45, 2.75) is 11.7 Å². The smallest absolute Gasteiger partial charge is 0.256 e. The lowest BCUT2D eigenvalue weighted by molar-refractivity contribution is -0.113. The minimum atomic E-state index is -0.736. The van der Waals surface area contributed by atoms with E-state index < -0.39 is 11.7 Å². The first-order valence-corrected chi connectivity index (χ1v) is 12.6. The number of aromatic nitrogens is 3. The molecular formula is C25H20Cl2FN5O3S. The van der Waals surface area contributed by atoms with Crippen LogP contribution < -0.4 is 15.4 Å². The van der Waals surface area contributed by atoms with Crippen molar-refractivity contribution in [1.82, 2.24) is 20.1 Å². The zero-order valence-corrected chi connectivity index (χ0v) is 21.7. The molecule has 0 saturated carbocycles. The summed E-state index contributed by atoms with van der Waals surface area (Å²) in [6, 6.07) is 17.9. The Morgan fingerprint density at radius 1 is 1.05 bits per heavy atom. The molecule has 0 saturated heterocycles. The third kappa shape index (κ3) is 6.59. The molecule has 0 aliphatic rings. The van der Waals surface area contributed by atoms with Gasteiger partial charge in [0.15, 0.2) is 11.0 Å². The number of hydrogen-bond acceptors (Lipinski definition) is 6. The van der Waals surface area contributed by atoms with Crippen LogP contribution in [0, 0.1) is 5.82 Å². The quantitative estimate of drug-likeness (QED) is 0.267. The summed E-state index contributed by atoms with van der Waals surface area (Å²) in [5.41, 5.74) is 0.990. The molecule has 0 unspecified atom stereocenters. The summed E-state index contributed by atoms with van der Waals surface area (Å²) in [6.07, 6.45) is 0. The maximum absolute atomic E-state index is 14.1. The first kappa shape index (κ1) is 26.5. The minimum Gasteiger partial charge on any atom is -0.497 e. The van der Waals surface area contributed by atoms with E-state index >= 15 is 0 Å². The van der Waals surface area contributed by atoms with Crippen LogP contribution in [0.3, 0.4) is 0 Å². The zero-order chi connectivity index (χ0) is 26.4. The maximum Gasteiger partial charge on any atom is 0.256 e. The molecule has 0 radical (unpaired) electrons. The average Bonchev–Trinajstić information content (AvgIpc) is 3.29. The maximum atomic E-state index is 14.1. The van der Waals surface area contributed by atoms with Crippen LogP contribution in [0.4, 0.5) is 10.1 Å². The molecule has 0 bridgehead atoms. The number of carbonyl (C=O) groups is 2. The topological polar surface area (TPSA) is 98.1 Å². The van der Waals surface area contributed by atoms with Crippen LogP contribution in [0.2, 0.25) is 10.0 Å². The number of benzene rings is 3. The van der Waals surface area contributed by atoms with Crippen molar-refractivity contribution in [2.75, 3.05) is 18.2 Å². The number of nitrogens with one attached hydrogen (secondary N) is 2. The summed E-state index contributed by atoms with van der Waals surface area (Å²) < 4.78 is 20.9. The molecule has 0 spiro atoms. The van der Waals surface area contributed by atoms with E-state index in [-0.39, 0.29) is 28.8 Å². The van der Waals surface area contributed by atoms with Gasteiger partial charge in [-0.1, -0.05) is 47.1 Å². The Labute approximate surface area is 226 Å². The summed E-state index contributed by atoms with van der Waals surface area (Å²) >= 11 is 13.3. The molecule has 37 heavy (non-hydrogen) atoms. The molecule has 190 valence electrons. The SMILES string of the molecule is COc1ccc(NC(=O)CSc2nnc(CNC(=O)c3c(F)cccc3Cl)n2-c2cccc(Cl)c2)cc1. The predicted octanol–water partition coefficient (Wildman–Crippen LogP) is 5.38. The Hall–Kier alpha value is -3.60. The van der Waals surface area contributed by atoms with Crippen molar-refractivity contribution in [2.24, 2.45) is 0 Å². The van der Waals surface area contributed by atoms with E-state index in [0.717, 1.165) is 17.8 Å². The second-order valence-corrected chi connectivity index (χ2v) is 9.34. The van der Waals surface area contributed by atoms with Crippen LogP contribution in [-0.4, -0.2) is 39.4 Å². The number of hydrogen-bond donors (Lipinski definition) is 2. The van der Waals surface area contributed by atoms with Gasteiger partial charge in [0, 0.05) is 10.7 Å². The van der Waals surface area contributed by atoms with E-state index in [0.29, 0.717) is 33.1 Å². The van der Waals surface area contributed by atoms with Gasteiger partial charge in [-0.15, -0.1) is 10.2 Å². The highest BCUT2D eigenvalue weighted by Crippen LogP contribution is 2.25. The van der Waals surface area contributed by atoms with E-state index in [9.17, 15) is 14.0 Å². The van der Waals surface area contributed by atoms with Crippen molar-refractivity contribution in [3.63, 3.8) is 0 Å². The van der Waals surface area contributed by atoms with E-state index in [2.05, 4.69) is 20.8 Å². The number of halogens is 3. The van der Waals surface area contributed by atoms with Crippen molar-refractivity contribution < 1.29 is 18.7 Å². The lowest BCUT2D eigenvalue weighted by Gasteiger charge is -2.12. The van der Waals surface area contributed by atoms with E-state index in [1.807, 2.05) is 0 Å². The second kappa shape index (κ2) is 12.1. The predicted molar refractivity (Wildman–Crippen MR) is 141 cm³/mol. The molecule has 2 N–H and O–H groups in total. The number of amides is 2. The van der Waals surface area contributed by atoms with Crippen LogP contribution in [0.1, 0.15) is 16.2 Å². The molecule has 2 amide bonds. The fraction of sp³-hybridized carbons (Fsp3) is 0.120. The average molecular weight is 560 g/mol. The molecule has 8 nitrogen and oxygen atoms in total. The summed E-state index contributed by atoms with van der Waals surface area (Å²) in [7, 11) is 1.56. The highest BCUT2D eigenvalue weighted by molar-refractivity contribution is 7.99. The fourth-order valence-corrected chi connectivity index (χ4v) is 4.55. The Kier molecular flexibility index (Phi) is 8.65. The largest absolute Gasteiger partial charge is 0.497 e. The van der Waals surface area contributed by atoms with Gasteiger partial charge in [-0.25, -0.2) is 4.39 Å². The van der Waals surface area contributed by atoms with Crippen molar-refractivity contribution in [1.29, 1.82) is 0 Å². The van der Waals surface area contributed by atoms with Crippen LogP contribution in [0.5, 0.6) is 5.75 Å². The van der Waals surface area contributed by atoms with Gasteiger partial charge in [0.1, 0.15) is 11.6 Å². The summed E-state index contributed by atoms with van der Waals surface area (Å²) in [4.78, 5) is 25.2. The normalized spacial score (nSPS) is 10.7. The number of methoxy groups -OCH3 is 1. The number of nitrogens with zero attached hydrogens (tertiary/aromatic N) is 3. The second-order valence-electron chi connectivity index (χ2n) is 7.56. The van der Waals surface area contributed by atoms with Gasteiger partial charge in [-0.3, -0.25) is 14.2 Å². The molecule has 0 atom stereocenters. The van der Waals surface area contributed by atoms with Gasteiger partial charge in [-0.05, 0) is 54.6 Å². The number of thioether (sulfide) groups is 1. The molecule has 1 heterocycles. The van der Waals surface area contributed by atoms with Crippen molar-refractivity contribution in [3.05, 3.63) is 94.0 Å². The standard InChI is InChI=1S/C25H20Cl2FN5O3S/c1-36-18-10-8-16(9-11-18)30-22(34)14-37-25-32-31-21(33(25)17-5-2-4-15(26)12-17)13-29-24(35)23-19(27)6-3-7-20(23)28/h2-12H,13-14H2,1H3,(H,29,35)(H,30,34). The lowest BCUT2D eigenvalue weighted by atomic mass is 10.2. The first-order valence-electron chi connectivity index (χ1n) is 10.8. The van der Waals surface area contributed by atoms with Crippen LogP contribution >= 0.6 is 35.0 Å². The highest BCUT2D eigenvalue weighted by atomic mass is 35.5. The Morgan fingerprint density at radius 3 is 2.51 bits per heavy atom. The minimum absolute atomic E-state index is 0.00655. The summed E-state index contributed by atoms with van der Waals surface area (Å²) in [6.45, 7) is -0.0817. The number of ether oxygens (including phenoxy) is 1. The first-order chi connectivity index (χ1) is 17.9. The van der Waals surface area contributed by atoms with Gasteiger partial charge < -0.3 is 15.4 Å². The van der Waals surface area contributed by atoms with Crippen molar-refractivity contribution in [3.8, 4) is 11.4 Å². The monoisotopic (exact) mass is 559 g/mol. The number of anilines is 1. The summed E-state index contributed by atoms with van der Waals surface area (Å²) in [5, 5.41) is 14.7. The van der Waals surface area contributed by atoms with E-state index in [4.69, 9.17) is 27.9 Å². The molecule has 0 fully saturated rings. The fourth-order valence-electron chi connectivity index (χ4n) is 3.35.